The van der Waals surface area contributed by atoms with Gasteiger partial charge in [0, 0.05) is 16.8 Å². The predicted molar refractivity (Wildman–Crippen MR) is 105 cm³/mol. The Kier molecular flexibility index (Phi) is 5.86. The van der Waals surface area contributed by atoms with Crippen LogP contribution in [0.3, 0.4) is 0 Å². The molecule has 2 N–H and O–H groups in total. The normalized spacial score (nSPS) is 10.2. The van der Waals surface area contributed by atoms with Crippen LogP contribution in [-0.2, 0) is 0 Å². The minimum atomic E-state index is -0.639. The van der Waals surface area contributed by atoms with Crippen LogP contribution in [0.25, 0.3) is 0 Å². The van der Waals surface area contributed by atoms with Gasteiger partial charge in [-0.15, -0.1) is 0 Å². The van der Waals surface area contributed by atoms with Gasteiger partial charge in [-0.25, -0.2) is 4.39 Å². The lowest BCUT2D eigenvalue weighted by molar-refractivity contribution is 0.102. The van der Waals surface area contributed by atoms with Crippen LogP contribution in [0.2, 0.25) is 5.02 Å². The SMILES string of the molecule is COc1ccc(Cl)cc1NC(=O)c1ccnc(C(=O)Nc2ccccc2F)c1. The van der Waals surface area contributed by atoms with Gasteiger partial charge in [0.25, 0.3) is 11.8 Å². The minimum Gasteiger partial charge on any atom is -0.495 e. The van der Waals surface area contributed by atoms with E-state index in [9.17, 15) is 14.0 Å². The van der Waals surface area contributed by atoms with Gasteiger partial charge in [-0.1, -0.05) is 23.7 Å². The van der Waals surface area contributed by atoms with Crippen LogP contribution < -0.4 is 15.4 Å². The van der Waals surface area contributed by atoms with Crippen molar-refractivity contribution in [2.45, 2.75) is 0 Å². The second-order valence-electron chi connectivity index (χ2n) is 5.66. The van der Waals surface area contributed by atoms with E-state index >= 15 is 0 Å². The summed E-state index contributed by atoms with van der Waals surface area (Å²) < 4.78 is 18.9. The van der Waals surface area contributed by atoms with Crippen molar-refractivity contribution in [2.75, 3.05) is 17.7 Å². The van der Waals surface area contributed by atoms with Crippen molar-refractivity contribution in [3.05, 3.63) is 82.9 Å². The molecule has 0 radical (unpaired) electrons. The molecule has 28 heavy (non-hydrogen) atoms. The zero-order valence-electron chi connectivity index (χ0n) is 14.7. The fourth-order valence-corrected chi connectivity index (χ4v) is 2.59. The van der Waals surface area contributed by atoms with Gasteiger partial charge in [0.1, 0.15) is 17.3 Å². The molecule has 8 heteroatoms. The first-order valence-electron chi connectivity index (χ1n) is 8.15. The van der Waals surface area contributed by atoms with E-state index in [4.69, 9.17) is 16.3 Å². The minimum absolute atomic E-state index is 0.0211. The van der Waals surface area contributed by atoms with Crippen LogP contribution >= 0.6 is 11.6 Å². The maximum atomic E-state index is 13.7. The van der Waals surface area contributed by atoms with E-state index in [0.29, 0.717) is 16.5 Å². The monoisotopic (exact) mass is 399 g/mol. The van der Waals surface area contributed by atoms with Gasteiger partial charge < -0.3 is 15.4 Å². The first-order chi connectivity index (χ1) is 13.5. The van der Waals surface area contributed by atoms with E-state index in [1.807, 2.05) is 0 Å². The second kappa shape index (κ2) is 8.49. The molecule has 3 rings (SSSR count). The number of carbonyl (C=O) groups excluding carboxylic acids is 2. The summed E-state index contributed by atoms with van der Waals surface area (Å²) in [5.41, 5.74) is 0.562. The van der Waals surface area contributed by atoms with E-state index in [1.54, 1.807) is 24.3 Å². The number of methoxy groups -OCH3 is 1. The fourth-order valence-electron chi connectivity index (χ4n) is 2.42. The second-order valence-corrected chi connectivity index (χ2v) is 6.10. The highest BCUT2D eigenvalue weighted by Gasteiger charge is 2.15. The van der Waals surface area contributed by atoms with Crippen molar-refractivity contribution in [3.63, 3.8) is 0 Å². The van der Waals surface area contributed by atoms with Crippen molar-refractivity contribution in [1.82, 2.24) is 4.98 Å². The molecule has 3 aromatic rings. The summed E-state index contributed by atoms with van der Waals surface area (Å²) >= 11 is 5.96. The van der Waals surface area contributed by atoms with Gasteiger partial charge in [-0.05, 0) is 42.5 Å². The predicted octanol–water partition coefficient (Wildman–Crippen LogP) is 4.39. The molecular weight excluding hydrogens is 385 g/mol. The molecule has 6 nitrogen and oxygen atoms in total. The molecule has 0 saturated carbocycles. The summed E-state index contributed by atoms with van der Waals surface area (Å²) in [4.78, 5) is 28.8. The average molecular weight is 400 g/mol. The van der Waals surface area contributed by atoms with E-state index in [0.717, 1.165) is 0 Å². The Morgan fingerprint density at radius 1 is 1.00 bits per heavy atom. The number of nitrogens with zero attached hydrogens (tertiary/aromatic N) is 1. The van der Waals surface area contributed by atoms with Crippen LogP contribution in [0.15, 0.2) is 60.8 Å². The number of nitrogens with one attached hydrogen (secondary N) is 2. The molecular formula is C20H15ClFN3O3. The summed E-state index contributed by atoms with van der Waals surface area (Å²) in [5, 5.41) is 5.52. The summed E-state index contributed by atoms with van der Waals surface area (Å²) in [7, 11) is 1.47. The number of anilines is 2. The molecule has 0 fully saturated rings. The van der Waals surface area contributed by atoms with Crippen LogP contribution in [0.4, 0.5) is 15.8 Å². The number of para-hydroxylation sites is 1. The number of aromatic nitrogens is 1. The number of pyridine rings is 1. The molecule has 1 heterocycles. The molecule has 0 aliphatic rings. The summed E-state index contributed by atoms with van der Waals surface area (Å²) in [6.07, 6.45) is 1.32. The molecule has 2 aromatic carbocycles. The first kappa shape index (κ1) is 19.3. The van der Waals surface area contributed by atoms with Crippen LogP contribution in [-0.4, -0.2) is 23.9 Å². The Labute approximate surface area is 165 Å². The number of rotatable bonds is 5. The van der Waals surface area contributed by atoms with E-state index in [1.165, 1.54) is 43.6 Å². The molecule has 142 valence electrons. The molecule has 0 spiro atoms. The van der Waals surface area contributed by atoms with E-state index in [-0.39, 0.29) is 16.9 Å². The molecule has 1 aromatic heterocycles. The van der Waals surface area contributed by atoms with Crippen molar-refractivity contribution in [1.29, 1.82) is 0 Å². The number of hydrogen-bond acceptors (Lipinski definition) is 4. The zero-order chi connectivity index (χ0) is 20.1. The number of carbonyl (C=O) groups is 2. The zero-order valence-corrected chi connectivity index (χ0v) is 15.5. The molecule has 0 atom stereocenters. The molecule has 2 amide bonds. The van der Waals surface area contributed by atoms with Gasteiger partial charge in [0.2, 0.25) is 0 Å². The van der Waals surface area contributed by atoms with Crippen LogP contribution in [0.1, 0.15) is 20.8 Å². The van der Waals surface area contributed by atoms with Gasteiger partial charge in [0.15, 0.2) is 0 Å². The maximum Gasteiger partial charge on any atom is 0.274 e. The Morgan fingerprint density at radius 2 is 1.75 bits per heavy atom. The van der Waals surface area contributed by atoms with Gasteiger partial charge in [-0.3, -0.25) is 14.6 Å². The number of halogens is 2. The van der Waals surface area contributed by atoms with E-state index in [2.05, 4.69) is 15.6 Å². The smallest absolute Gasteiger partial charge is 0.274 e. The third kappa shape index (κ3) is 4.44. The van der Waals surface area contributed by atoms with E-state index < -0.39 is 17.6 Å². The fraction of sp³-hybridized carbons (Fsp3) is 0.0500. The Hall–Kier alpha value is -3.45. The molecule has 0 saturated heterocycles. The lowest BCUT2D eigenvalue weighted by Gasteiger charge is -2.11. The lowest BCUT2D eigenvalue weighted by Crippen LogP contribution is -2.17. The third-order valence-corrected chi connectivity index (χ3v) is 4.02. The average Bonchev–Trinajstić information content (AvgIpc) is 2.70. The van der Waals surface area contributed by atoms with Gasteiger partial charge in [0.05, 0.1) is 18.5 Å². The molecule has 0 aliphatic heterocycles. The highest BCUT2D eigenvalue weighted by molar-refractivity contribution is 6.31. The summed E-state index contributed by atoms with van der Waals surface area (Å²) in [6, 6.07) is 13.3. The lowest BCUT2D eigenvalue weighted by atomic mass is 10.2. The van der Waals surface area contributed by atoms with Gasteiger partial charge >= 0.3 is 0 Å². The number of ether oxygens (including phenoxy) is 1. The summed E-state index contributed by atoms with van der Waals surface area (Å²) in [6.45, 7) is 0. The number of amides is 2. The van der Waals surface area contributed by atoms with Crippen LogP contribution in [0, 0.1) is 5.82 Å². The Morgan fingerprint density at radius 3 is 2.50 bits per heavy atom. The molecule has 0 unspecified atom stereocenters. The van der Waals surface area contributed by atoms with Crippen molar-refractivity contribution in [3.8, 4) is 5.75 Å². The number of benzene rings is 2. The molecule has 0 bridgehead atoms. The largest absolute Gasteiger partial charge is 0.495 e. The van der Waals surface area contributed by atoms with Crippen molar-refractivity contribution >= 4 is 34.8 Å². The first-order valence-corrected chi connectivity index (χ1v) is 8.52. The highest BCUT2D eigenvalue weighted by atomic mass is 35.5. The topological polar surface area (TPSA) is 80.3 Å². The quantitative estimate of drug-likeness (QED) is 0.667. The maximum absolute atomic E-state index is 13.7. The molecule has 0 aliphatic carbocycles. The Balaban J connectivity index is 1.79. The van der Waals surface area contributed by atoms with Gasteiger partial charge in [-0.2, -0.15) is 0 Å². The standard InChI is InChI=1S/C20H15ClFN3O3/c1-28-18-7-6-13(21)11-16(18)25-19(26)12-8-9-23-17(10-12)20(27)24-15-5-3-2-4-14(15)22/h2-11H,1H3,(H,24,27)(H,25,26). The van der Waals surface area contributed by atoms with Crippen LogP contribution in [0.5, 0.6) is 5.75 Å². The number of hydrogen-bond donors (Lipinski definition) is 2. The Bertz CT molecular complexity index is 1040. The van der Waals surface area contributed by atoms with Crippen molar-refractivity contribution in [2.24, 2.45) is 0 Å². The van der Waals surface area contributed by atoms with Crippen molar-refractivity contribution < 1.29 is 18.7 Å². The summed E-state index contributed by atoms with van der Waals surface area (Å²) in [5.74, 6) is -1.26. The highest BCUT2D eigenvalue weighted by Crippen LogP contribution is 2.28. The third-order valence-electron chi connectivity index (χ3n) is 3.79.